The highest BCUT2D eigenvalue weighted by atomic mass is 16.8. The summed E-state index contributed by atoms with van der Waals surface area (Å²) in [6.45, 7) is -2.32. The molecule has 0 aromatic carbocycles. The monoisotopic (exact) mass is 486 g/mol. The highest BCUT2D eigenvalue weighted by molar-refractivity contribution is 4.98. The second-order valence-electron chi connectivity index (χ2n) is 5.56. The molecule has 19 nitrogen and oxygen atoms in total. The fourth-order valence-electron chi connectivity index (χ4n) is 2.63. The molecule has 2 saturated heterocycles. The largest absolute Gasteiger partial charge is 0.412 e. The summed E-state index contributed by atoms with van der Waals surface area (Å²) in [6.07, 6.45) is -12.7. The Morgan fingerprint density at radius 1 is 0.613 bits per heavy atom. The first-order valence-corrected chi connectivity index (χ1v) is 7.05. The predicted molar refractivity (Wildman–Crippen MR) is 97.6 cm³/mol. The molecule has 200 valence electrons. The molecule has 19 heteroatoms. The molecule has 0 aromatic heterocycles. The smallest absolute Gasteiger partial charge is 0.224 e. The molecule has 2 heterocycles. The van der Waals surface area contributed by atoms with Gasteiger partial charge in [-0.1, -0.05) is 0 Å². The normalized spacial score (nSPS) is 37.9. The fraction of sp³-hybridized carbons (Fsp3) is 1.00. The van der Waals surface area contributed by atoms with Gasteiger partial charge < -0.3 is 98.9 Å². The number of rotatable bonds is 5. The lowest BCUT2D eigenvalue weighted by Gasteiger charge is -2.43. The molecule has 0 aliphatic carbocycles. The van der Waals surface area contributed by atoms with E-state index >= 15 is 0 Å². The first-order chi connectivity index (χ1) is 10.8. The van der Waals surface area contributed by atoms with E-state index in [1.165, 1.54) is 0 Å². The van der Waals surface area contributed by atoms with E-state index in [1.807, 2.05) is 0 Å². The van der Waals surface area contributed by atoms with Crippen molar-refractivity contribution in [1.82, 2.24) is 0 Å². The van der Waals surface area contributed by atoms with Crippen molar-refractivity contribution >= 4 is 0 Å². The Balaban J connectivity index is -0.000000144. The summed E-state index contributed by atoms with van der Waals surface area (Å²) in [6, 6.07) is 0. The van der Waals surface area contributed by atoms with Gasteiger partial charge in [-0.25, -0.2) is 0 Å². The van der Waals surface area contributed by atoms with Gasteiger partial charge in [-0.3, -0.25) is 0 Å². The van der Waals surface area contributed by atoms with Gasteiger partial charge in [0.2, 0.25) is 5.79 Å². The Labute approximate surface area is 174 Å². The van der Waals surface area contributed by atoms with E-state index < -0.39 is 74.6 Å². The maximum atomic E-state index is 10.00. The van der Waals surface area contributed by atoms with Crippen molar-refractivity contribution < 1.29 is 98.9 Å². The summed E-state index contributed by atoms with van der Waals surface area (Å²) in [4.78, 5) is 0. The Kier molecular flexibility index (Phi) is 29.0. The first-order valence-electron chi connectivity index (χ1n) is 7.05. The lowest BCUT2D eigenvalue weighted by atomic mass is 9.99. The summed E-state index contributed by atoms with van der Waals surface area (Å²) in [7, 11) is 0. The maximum Gasteiger partial charge on any atom is 0.224 e. The minimum Gasteiger partial charge on any atom is -0.412 e. The second-order valence-corrected chi connectivity index (χ2v) is 5.56. The molecule has 2 aliphatic heterocycles. The van der Waals surface area contributed by atoms with Crippen molar-refractivity contribution in [3.05, 3.63) is 0 Å². The summed E-state index contributed by atoms with van der Waals surface area (Å²) in [5.74, 6) is -2.22. The summed E-state index contributed by atoms with van der Waals surface area (Å²) < 4.78 is 15.4. The summed E-state index contributed by atoms with van der Waals surface area (Å²) in [5, 5.41) is 76.7. The van der Waals surface area contributed by atoms with Crippen molar-refractivity contribution in [2.24, 2.45) is 0 Å². The minimum atomic E-state index is -2.22. The van der Waals surface area contributed by atoms with Gasteiger partial charge in [-0.15, -0.1) is 0 Å². The van der Waals surface area contributed by atoms with Crippen LogP contribution in [0.2, 0.25) is 0 Å². The molecule has 0 bridgehead atoms. The zero-order chi connectivity index (χ0) is 17.4. The van der Waals surface area contributed by atoms with Crippen molar-refractivity contribution in [3.8, 4) is 0 Å². The van der Waals surface area contributed by atoms with E-state index in [0.29, 0.717) is 0 Å². The van der Waals surface area contributed by atoms with Gasteiger partial charge in [-0.2, -0.15) is 0 Å². The topological polar surface area (TPSA) is 442 Å². The third-order valence-corrected chi connectivity index (χ3v) is 4.07. The molecule has 2 rings (SSSR count). The molecule has 0 spiro atoms. The van der Waals surface area contributed by atoms with E-state index in [9.17, 15) is 30.6 Å². The second kappa shape index (κ2) is 18.8. The average molecular weight is 486 g/mol. The average Bonchev–Trinajstić information content (AvgIpc) is 2.80. The summed E-state index contributed by atoms with van der Waals surface area (Å²) >= 11 is 0. The number of aliphatic hydroxyl groups excluding tert-OH is 8. The van der Waals surface area contributed by atoms with Crippen LogP contribution in [0, 0.1) is 0 Å². The molecule has 0 radical (unpaired) electrons. The molecular formula is C12H38O19. The van der Waals surface area contributed by atoms with E-state index in [-0.39, 0.29) is 43.8 Å². The van der Waals surface area contributed by atoms with Gasteiger partial charge in [0.05, 0.1) is 13.2 Å². The zero-order valence-corrected chi connectivity index (χ0v) is 16.0. The number of aliphatic hydroxyl groups is 8. The van der Waals surface area contributed by atoms with E-state index in [2.05, 4.69) is 0 Å². The molecule has 0 amide bonds. The lowest BCUT2D eigenvalue weighted by Crippen LogP contribution is -2.62. The molecule has 2 aliphatic rings. The van der Waals surface area contributed by atoms with Crippen molar-refractivity contribution in [2.75, 3.05) is 19.8 Å². The molecule has 9 atom stereocenters. The molecule has 2 fully saturated rings. The fourth-order valence-corrected chi connectivity index (χ4v) is 2.63. The Morgan fingerprint density at radius 3 is 1.42 bits per heavy atom. The van der Waals surface area contributed by atoms with Crippen LogP contribution in [0.4, 0.5) is 0 Å². The van der Waals surface area contributed by atoms with Crippen LogP contribution in [0.3, 0.4) is 0 Å². The zero-order valence-electron chi connectivity index (χ0n) is 16.0. The van der Waals surface area contributed by atoms with E-state index in [1.54, 1.807) is 0 Å². The van der Waals surface area contributed by atoms with Crippen molar-refractivity contribution in [1.29, 1.82) is 0 Å². The lowest BCUT2D eigenvalue weighted by molar-refractivity contribution is -0.383. The first kappa shape index (κ1) is 47.9. The van der Waals surface area contributed by atoms with Gasteiger partial charge in [0.15, 0.2) is 6.29 Å². The van der Waals surface area contributed by atoms with Gasteiger partial charge >= 0.3 is 0 Å². The van der Waals surface area contributed by atoms with Crippen LogP contribution in [0.15, 0.2) is 0 Å². The standard InChI is InChI=1S/C12H22O11.8H2O/c13-1-4-6(16)8(18)9(19)11(21-4)23-12(3-15)10(20)7(17)5(2-14)22-12;;;;;;;;/h4-11,13-20H,1-3H2;8*1H2/t4-,5-,6-,7-,8+,9-,10+,11-,12+;;;;;;;;/m1......../s1. The summed E-state index contributed by atoms with van der Waals surface area (Å²) in [5.41, 5.74) is 0. The SMILES string of the molecule is O.O.O.O.O.O.O.O.OC[C@H]1O[C@@](CO)(O[C@H]2O[C@H](CO)[C@@H](O)[C@H](O)[C@H]2O)[C@@H](O)[C@@H]1O. The third kappa shape index (κ3) is 8.60. The van der Waals surface area contributed by atoms with E-state index in [4.69, 9.17) is 24.4 Å². The van der Waals surface area contributed by atoms with Gasteiger partial charge in [-0.05, 0) is 0 Å². The highest BCUT2D eigenvalue weighted by Crippen LogP contribution is 2.35. The maximum absolute atomic E-state index is 10.00. The van der Waals surface area contributed by atoms with Gasteiger partial charge in [0.1, 0.15) is 49.3 Å². The number of hydrogen-bond acceptors (Lipinski definition) is 11. The Bertz CT molecular complexity index is 400. The van der Waals surface area contributed by atoms with E-state index in [0.717, 1.165) is 0 Å². The highest BCUT2D eigenvalue weighted by Gasteiger charge is 2.58. The molecule has 24 N–H and O–H groups in total. The minimum absolute atomic E-state index is 0. The Morgan fingerprint density at radius 2 is 1.06 bits per heavy atom. The number of hydrogen-bond donors (Lipinski definition) is 8. The van der Waals surface area contributed by atoms with Crippen LogP contribution in [-0.2, 0) is 14.2 Å². The van der Waals surface area contributed by atoms with Gasteiger partial charge in [0.25, 0.3) is 0 Å². The predicted octanol–water partition coefficient (Wildman–Crippen LogP) is -12.0. The Hall–Kier alpha value is -0.760. The molecule has 31 heavy (non-hydrogen) atoms. The van der Waals surface area contributed by atoms with Crippen LogP contribution in [0.5, 0.6) is 0 Å². The van der Waals surface area contributed by atoms with Crippen LogP contribution >= 0.6 is 0 Å². The van der Waals surface area contributed by atoms with Crippen molar-refractivity contribution in [2.45, 2.75) is 54.8 Å². The molecular weight excluding hydrogens is 448 g/mol. The number of ether oxygens (including phenoxy) is 3. The van der Waals surface area contributed by atoms with Crippen molar-refractivity contribution in [3.63, 3.8) is 0 Å². The molecule has 0 unspecified atom stereocenters. The molecule has 0 saturated carbocycles. The van der Waals surface area contributed by atoms with Crippen LogP contribution < -0.4 is 0 Å². The quantitative estimate of drug-likeness (QED) is 0.180. The molecule has 0 aromatic rings. The van der Waals surface area contributed by atoms with Crippen LogP contribution in [0.1, 0.15) is 0 Å². The van der Waals surface area contributed by atoms with Crippen LogP contribution in [-0.4, -0.2) is 159 Å². The van der Waals surface area contributed by atoms with Gasteiger partial charge in [0, 0.05) is 0 Å². The van der Waals surface area contributed by atoms with Crippen LogP contribution in [0.25, 0.3) is 0 Å². The third-order valence-electron chi connectivity index (χ3n) is 4.07.